The van der Waals surface area contributed by atoms with Crippen molar-refractivity contribution in [1.29, 1.82) is 0 Å². The van der Waals surface area contributed by atoms with E-state index in [4.69, 9.17) is 10.5 Å². The second-order valence-electron chi connectivity index (χ2n) is 8.09. The Bertz CT molecular complexity index is 1200. The topological polar surface area (TPSA) is 113 Å². The summed E-state index contributed by atoms with van der Waals surface area (Å²) in [6.45, 7) is 6.65. The van der Waals surface area contributed by atoms with Crippen molar-refractivity contribution in [2.24, 2.45) is 17.6 Å². The molecule has 0 bridgehead atoms. The number of likely N-dealkylation sites (tertiary alicyclic amines) is 1. The van der Waals surface area contributed by atoms with Crippen LogP contribution in [0.2, 0.25) is 0 Å². The molecule has 2 aromatic rings. The van der Waals surface area contributed by atoms with Crippen LogP contribution in [0.4, 0.5) is 4.79 Å². The number of carbonyl (C=O) groups is 2. The summed E-state index contributed by atoms with van der Waals surface area (Å²) in [5, 5.41) is 11.0. The Morgan fingerprint density at radius 1 is 1.39 bits per heavy atom. The molecule has 31 heavy (non-hydrogen) atoms. The Balaban J connectivity index is 1.51. The summed E-state index contributed by atoms with van der Waals surface area (Å²) in [7, 11) is 0. The number of aryl methyl sites for hydroxylation is 1. The first kappa shape index (κ1) is 19.2. The van der Waals surface area contributed by atoms with E-state index < -0.39 is 6.03 Å². The SMILES string of the molecule is C=CC(=O)N1CC(C2=C(NC(N)=O)C3C=C(c4c(C)ccc5[nH]ncc45)C=CC3O2)C1. The van der Waals surface area contributed by atoms with Crippen LogP contribution in [-0.4, -0.2) is 46.2 Å². The highest BCUT2D eigenvalue weighted by molar-refractivity contribution is 5.96. The van der Waals surface area contributed by atoms with Gasteiger partial charge in [-0.05, 0) is 41.8 Å². The van der Waals surface area contributed by atoms with Crippen molar-refractivity contribution in [3.63, 3.8) is 0 Å². The van der Waals surface area contributed by atoms with E-state index in [-0.39, 0.29) is 23.8 Å². The number of nitrogens with zero attached hydrogens (tertiary/aromatic N) is 2. The van der Waals surface area contributed by atoms with Gasteiger partial charge in [0, 0.05) is 18.5 Å². The van der Waals surface area contributed by atoms with E-state index in [9.17, 15) is 9.59 Å². The van der Waals surface area contributed by atoms with Crippen LogP contribution in [-0.2, 0) is 9.53 Å². The molecule has 5 rings (SSSR count). The van der Waals surface area contributed by atoms with E-state index in [2.05, 4.69) is 47.2 Å². The number of fused-ring (bicyclic) bond motifs is 2. The van der Waals surface area contributed by atoms with Crippen molar-refractivity contribution in [3.8, 4) is 0 Å². The third kappa shape index (κ3) is 3.11. The quantitative estimate of drug-likeness (QED) is 0.663. The predicted molar refractivity (Wildman–Crippen MR) is 116 cm³/mol. The standard InChI is InChI=1S/C23H23N5O3/c1-3-19(29)28-10-14(11-28)22-21(26-23(24)30)15-8-13(5-7-18(15)31-22)20-12(2)4-6-17-16(20)9-25-27-17/h3-9,14-15,18H,1,10-11H2,2H3,(H,25,27)(H3,24,26,30). The fourth-order valence-corrected chi connectivity index (χ4v) is 4.62. The van der Waals surface area contributed by atoms with Crippen molar-refractivity contribution in [2.75, 3.05) is 13.1 Å². The molecule has 0 radical (unpaired) electrons. The largest absolute Gasteiger partial charge is 0.487 e. The van der Waals surface area contributed by atoms with E-state index in [0.29, 0.717) is 24.5 Å². The highest BCUT2D eigenvalue weighted by atomic mass is 16.5. The Morgan fingerprint density at radius 2 is 2.19 bits per heavy atom. The maximum Gasteiger partial charge on any atom is 0.316 e. The number of rotatable bonds is 4. The normalized spacial score (nSPS) is 22.6. The Labute approximate surface area is 179 Å². The summed E-state index contributed by atoms with van der Waals surface area (Å²) < 4.78 is 6.23. The molecule has 3 amide bonds. The zero-order valence-corrected chi connectivity index (χ0v) is 17.1. The van der Waals surface area contributed by atoms with E-state index >= 15 is 0 Å². The lowest BCUT2D eigenvalue weighted by Gasteiger charge is -2.39. The van der Waals surface area contributed by atoms with Crippen LogP contribution in [0.1, 0.15) is 11.1 Å². The number of hydrogen-bond acceptors (Lipinski definition) is 4. The molecule has 2 unspecified atom stereocenters. The van der Waals surface area contributed by atoms with Gasteiger partial charge in [0.2, 0.25) is 5.91 Å². The third-order valence-corrected chi connectivity index (χ3v) is 6.16. The first-order chi connectivity index (χ1) is 15.0. The van der Waals surface area contributed by atoms with E-state index in [0.717, 1.165) is 27.6 Å². The van der Waals surface area contributed by atoms with Gasteiger partial charge in [-0.25, -0.2) is 4.79 Å². The number of benzene rings is 1. The average Bonchev–Trinajstić information content (AvgIpc) is 3.31. The number of H-pyrrole nitrogens is 1. The van der Waals surface area contributed by atoms with Crippen LogP contribution in [0.15, 0.2) is 60.7 Å². The van der Waals surface area contributed by atoms with Gasteiger partial charge in [-0.2, -0.15) is 5.10 Å². The summed E-state index contributed by atoms with van der Waals surface area (Å²) in [5.74, 6) is 0.429. The number of ether oxygens (including phenoxy) is 1. The van der Waals surface area contributed by atoms with Gasteiger partial charge in [0.15, 0.2) is 0 Å². The molecule has 1 fully saturated rings. The molecule has 1 aliphatic carbocycles. The van der Waals surface area contributed by atoms with Gasteiger partial charge in [-0.3, -0.25) is 9.89 Å². The molecule has 3 heterocycles. The number of aromatic nitrogens is 2. The Hall–Kier alpha value is -3.81. The fourth-order valence-electron chi connectivity index (χ4n) is 4.62. The minimum atomic E-state index is -0.632. The summed E-state index contributed by atoms with van der Waals surface area (Å²) >= 11 is 0. The molecule has 4 N–H and O–H groups in total. The highest BCUT2D eigenvalue weighted by Crippen LogP contribution is 2.43. The lowest BCUT2D eigenvalue weighted by atomic mass is 9.85. The number of primary amides is 1. The molecule has 8 heteroatoms. The maximum atomic E-state index is 11.8. The van der Waals surface area contributed by atoms with Gasteiger partial charge >= 0.3 is 6.03 Å². The zero-order chi connectivity index (χ0) is 21.7. The summed E-state index contributed by atoms with van der Waals surface area (Å²) in [5.41, 5.74) is 10.4. The van der Waals surface area contributed by atoms with Gasteiger partial charge in [-0.15, -0.1) is 0 Å². The average molecular weight is 417 g/mol. The molecule has 2 atom stereocenters. The first-order valence-corrected chi connectivity index (χ1v) is 10.2. The molecule has 3 aliphatic rings. The monoisotopic (exact) mass is 417 g/mol. The second-order valence-corrected chi connectivity index (χ2v) is 8.09. The minimum Gasteiger partial charge on any atom is -0.487 e. The van der Waals surface area contributed by atoms with Crippen molar-refractivity contribution in [3.05, 3.63) is 71.8 Å². The molecule has 1 aromatic heterocycles. The van der Waals surface area contributed by atoms with Gasteiger partial charge in [-0.1, -0.05) is 24.8 Å². The fraction of sp³-hybridized carbons (Fsp3) is 0.261. The van der Waals surface area contributed by atoms with E-state index in [1.54, 1.807) is 4.90 Å². The molecular weight excluding hydrogens is 394 g/mol. The molecule has 158 valence electrons. The third-order valence-electron chi connectivity index (χ3n) is 6.16. The van der Waals surface area contributed by atoms with Crippen LogP contribution >= 0.6 is 0 Å². The molecule has 8 nitrogen and oxygen atoms in total. The maximum absolute atomic E-state index is 11.8. The summed E-state index contributed by atoms with van der Waals surface area (Å²) in [4.78, 5) is 25.3. The number of nitrogens with one attached hydrogen (secondary N) is 2. The van der Waals surface area contributed by atoms with Crippen molar-refractivity contribution in [1.82, 2.24) is 20.4 Å². The molecule has 2 aliphatic heterocycles. The van der Waals surface area contributed by atoms with Gasteiger partial charge in [0.25, 0.3) is 0 Å². The first-order valence-electron chi connectivity index (χ1n) is 10.2. The lowest BCUT2D eigenvalue weighted by molar-refractivity contribution is -0.132. The number of nitrogens with two attached hydrogens (primary N) is 1. The van der Waals surface area contributed by atoms with Gasteiger partial charge in [0.1, 0.15) is 11.9 Å². The Kier molecular flexibility index (Phi) is 4.43. The molecular formula is C23H23N5O3. The highest BCUT2D eigenvalue weighted by Gasteiger charge is 2.44. The van der Waals surface area contributed by atoms with Crippen molar-refractivity contribution < 1.29 is 14.3 Å². The van der Waals surface area contributed by atoms with Gasteiger partial charge < -0.3 is 20.7 Å². The van der Waals surface area contributed by atoms with Crippen molar-refractivity contribution >= 4 is 28.4 Å². The minimum absolute atomic E-state index is 0.0145. The number of carbonyl (C=O) groups excluding carboxylic acids is 2. The number of amides is 3. The smallest absolute Gasteiger partial charge is 0.316 e. The molecule has 1 aromatic carbocycles. The Morgan fingerprint density at radius 3 is 2.94 bits per heavy atom. The predicted octanol–water partition coefficient (Wildman–Crippen LogP) is 2.36. The van der Waals surface area contributed by atoms with Crippen LogP contribution in [0.3, 0.4) is 0 Å². The van der Waals surface area contributed by atoms with Gasteiger partial charge in [0.05, 0.1) is 29.2 Å². The number of urea groups is 1. The number of hydrogen-bond donors (Lipinski definition) is 3. The molecule has 0 spiro atoms. The summed E-state index contributed by atoms with van der Waals surface area (Å²) in [6.07, 6.45) is 9.08. The van der Waals surface area contributed by atoms with Crippen LogP contribution in [0.25, 0.3) is 16.5 Å². The second kappa shape index (κ2) is 7.16. The molecule has 1 saturated heterocycles. The van der Waals surface area contributed by atoms with Crippen molar-refractivity contribution in [2.45, 2.75) is 13.0 Å². The number of aromatic amines is 1. The van der Waals surface area contributed by atoms with E-state index in [1.165, 1.54) is 6.08 Å². The molecule has 0 saturated carbocycles. The lowest BCUT2D eigenvalue weighted by Crippen LogP contribution is -2.50. The van der Waals surface area contributed by atoms with E-state index in [1.807, 2.05) is 18.3 Å². The zero-order valence-electron chi connectivity index (χ0n) is 17.1. The summed E-state index contributed by atoms with van der Waals surface area (Å²) in [6, 6.07) is 3.44. The number of allylic oxidation sites excluding steroid dienone is 2. The van der Waals surface area contributed by atoms with Crippen LogP contribution < -0.4 is 11.1 Å². The van der Waals surface area contributed by atoms with Crippen LogP contribution in [0.5, 0.6) is 0 Å². The van der Waals surface area contributed by atoms with Crippen LogP contribution in [0, 0.1) is 18.8 Å².